The van der Waals surface area contributed by atoms with E-state index in [4.69, 9.17) is 5.73 Å². The molecule has 102 valence electrons. The van der Waals surface area contributed by atoms with E-state index < -0.39 is 0 Å². The van der Waals surface area contributed by atoms with E-state index in [2.05, 4.69) is 10.2 Å². The topological polar surface area (TPSA) is 78.6 Å². The third-order valence-corrected chi connectivity index (χ3v) is 4.13. The van der Waals surface area contributed by atoms with E-state index in [1.54, 1.807) is 0 Å². The van der Waals surface area contributed by atoms with Crippen LogP contribution >= 0.6 is 0 Å². The highest BCUT2D eigenvalue weighted by Crippen LogP contribution is 2.36. The highest BCUT2D eigenvalue weighted by molar-refractivity contribution is 6.00. The summed E-state index contributed by atoms with van der Waals surface area (Å²) in [6.07, 6.45) is 1.09. The maximum Gasteiger partial charge on any atom is 0.228 e. The number of benzene rings is 1. The molecule has 2 heterocycles. The monoisotopic (exact) mass is 261 g/mol. The van der Waals surface area contributed by atoms with Crippen LogP contribution in [-0.4, -0.2) is 30.2 Å². The molecule has 3 rings (SSSR count). The molecule has 2 aliphatic rings. The van der Waals surface area contributed by atoms with E-state index in [1.165, 1.54) is 0 Å². The molecule has 2 unspecified atom stereocenters. The van der Waals surface area contributed by atoms with Crippen LogP contribution in [0.2, 0.25) is 0 Å². The van der Waals surface area contributed by atoms with Crippen molar-refractivity contribution in [1.82, 2.24) is 0 Å². The standard InChI is InChI=1S/C14H19N3O2/c1-8(18)9-2-3-17(7-9)13-6-12-10(4-11(13)15)5-14(19)16-12/h4,6,8-9,18H,2-3,5,7,15H2,1H3,(H,16,19). The van der Waals surface area contributed by atoms with Gasteiger partial charge >= 0.3 is 0 Å². The molecule has 5 nitrogen and oxygen atoms in total. The molecule has 2 atom stereocenters. The average molecular weight is 261 g/mol. The smallest absolute Gasteiger partial charge is 0.228 e. The number of anilines is 3. The molecule has 19 heavy (non-hydrogen) atoms. The summed E-state index contributed by atoms with van der Waals surface area (Å²) in [4.78, 5) is 13.6. The van der Waals surface area contributed by atoms with Gasteiger partial charge in [0.2, 0.25) is 5.91 Å². The van der Waals surface area contributed by atoms with Crippen LogP contribution in [0.3, 0.4) is 0 Å². The van der Waals surface area contributed by atoms with Gasteiger partial charge in [-0.1, -0.05) is 0 Å². The van der Waals surface area contributed by atoms with Gasteiger partial charge in [-0.15, -0.1) is 0 Å². The normalized spacial score (nSPS) is 23.4. The highest BCUT2D eigenvalue weighted by atomic mass is 16.3. The van der Waals surface area contributed by atoms with Crippen molar-refractivity contribution in [2.75, 3.05) is 29.0 Å². The molecule has 1 aromatic rings. The molecule has 1 fully saturated rings. The summed E-state index contributed by atoms with van der Waals surface area (Å²) in [7, 11) is 0. The van der Waals surface area contributed by atoms with E-state index in [-0.39, 0.29) is 12.0 Å². The Morgan fingerprint density at radius 3 is 3.00 bits per heavy atom. The van der Waals surface area contributed by atoms with Crippen molar-refractivity contribution in [2.45, 2.75) is 25.9 Å². The largest absolute Gasteiger partial charge is 0.397 e. The van der Waals surface area contributed by atoms with Gasteiger partial charge < -0.3 is 21.1 Å². The Hall–Kier alpha value is -1.75. The first-order valence-corrected chi connectivity index (χ1v) is 6.70. The summed E-state index contributed by atoms with van der Waals surface area (Å²) >= 11 is 0. The number of aliphatic hydroxyl groups is 1. The molecule has 1 aromatic carbocycles. The van der Waals surface area contributed by atoms with Gasteiger partial charge in [-0.05, 0) is 31.0 Å². The second-order valence-electron chi connectivity index (χ2n) is 5.53. The number of hydrogen-bond donors (Lipinski definition) is 3. The Balaban J connectivity index is 1.86. The Morgan fingerprint density at radius 1 is 1.53 bits per heavy atom. The number of aliphatic hydroxyl groups excluding tert-OH is 1. The maximum atomic E-state index is 11.4. The number of rotatable bonds is 2. The third-order valence-electron chi connectivity index (χ3n) is 4.13. The number of carbonyl (C=O) groups excluding carboxylic acids is 1. The second kappa shape index (κ2) is 4.42. The molecule has 2 aliphatic heterocycles. The van der Waals surface area contributed by atoms with Crippen LogP contribution in [0.4, 0.5) is 17.1 Å². The van der Waals surface area contributed by atoms with Gasteiger partial charge in [0.1, 0.15) is 0 Å². The number of nitrogen functional groups attached to an aromatic ring is 1. The molecule has 5 heteroatoms. The number of carbonyl (C=O) groups is 1. The van der Waals surface area contributed by atoms with Gasteiger partial charge in [-0.3, -0.25) is 4.79 Å². The lowest BCUT2D eigenvalue weighted by Gasteiger charge is -2.22. The summed E-state index contributed by atoms with van der Waals surface area (Å²) in [5.41, 5.74) is 9.61. The van der Waals surface area contributed by atoms with Gasteiger partial charge in [0.05, 0.1) is 23.9 Å². The molecule has 0 radical (unpaired) electrons. The van der Waals surface area contributed by atoms with Crippen molar-refractivity contribution in [3.63, 3.8) is 0 Å². The van der Waals surface area contributed by atoms with Crippen molar-refractivity contribution in [3.05, 3.63) is 17.7 Å². The van der Waals surface area contributed by atoms with Crippen LogP contribution in [0, 0.1) is 5.92 Å². The SMILES string of the molecule is CC(O)C1CCN(c2cc3c(cc2N)CC(=O)N3)C1. The van der Waals surface area contributed by atoms with Crippen LogP contribution in [0.5, 0.6) is 0 Å². The predicted molar refractivity (Wildman–Crippen MR) is 75.2 cm³/mol. The van der Waals surface area contributed by atoms with Gasteiger partial charge in [0.25, 0.3) is 0 Å². The number of nitrogens with zero attached hydrogens (tertiary/aromatic N) is 1. The van der Waals surface area contributed by atoms with E-state index in [9.17, 15) is 9.90 Å². The quantitative estimate of drug-likeness (QED) is 0.693. The Bertz CT molecular complexity index is 528. The lowest BCUT2D eigenvalue weighted by molar-refractivity contribution is -0.115. The summed E-state index contributed by atoms with van der Waals surface area (Å²) < 4.78 is 0. The fraction of sp³-hybridized carbons (Fsp3) is 0.500. The highest BCUT2D eigenvalue weighted by Gasteiger charge is 2.28. The first-order valence-electron chi connectivity index (χ1n) is 6.70. The maximum absolute atomic E-state index is 11.4. The number of nitrogens with one attached hydrogen (secondary N) is 1. The Kier molecular flexibility index (Phi) is 2.86. The van der Waals surface area contributed by atoms with E-state index in [1.807, 2.05) is 19.1 Å². The summed E-state index contributed by atoms with van der Waals surface area (Å²) in [6.45, 7) is 3.54. The second-order valence-corrected chi connectivity index (χ2v) is 5.53. The van der Waals surface area contributed by atoms with E-state index in [0.29, 0.717) is 18.0 Å². The predicted octanol–water partition coefficient (Wildman–Crippen LogP) is 0.970. The van der Waals surface area contributed by atoms with Gasteiger partial charge in [-0.2, -0.15) is 0 Å². The van der Waals surface area contributed by atoms with E-state index >= 15 is 0 Å². The molecule has 0 bridgehead atoms. The van der Waals surface area contributed by atoms with Crippen LogP contribution in [0.15, 0.2) is 12.1 Å². The fourth-order valence-electron chi connectivity index (χ4n) is 2.96. The van der Waals surface area contributed by atoms with Crippen LogP contribution in [-0.2, 0) is 11.2 Å². The molecule has 4 N–H and O–H groups in total. The zero-order valence-electron chi connectivity index (χ0n) is 11.0. The number of fused-ring (bicyclic) bond motifs is 1. The van der Waals surface area contributed by atoms with Crippen LogP contribution < -0.4 is 16.0 Å². The molecule has 0 saturated carbocycles. The van der Waals surface area contributed by atoms with Crippen LogP contribution in [0.1, 0.15) is 18.9 Å². The lowest BCUT2D eigenvalue weighted by atomic mass is 10.0. The molecular weight excluding hydrogens is 242 g/mol. The van der Waals surface area contributed by atoms with E-state index in [0.717, 1.165) is 36.4 Å². The lowest BCUT2D eigenvalue weighted by Crippen LogP contribution is -2.24. The molecule has 1 saturated heterocycles. The van der Waals surface area contributed by atoms with Crippen molar-refractivity contribution < 1.29 is 9.90 Å². The minimum Gasteiger partial charge on any atom is -0.397 e. The van der Waals surface area contributed by atoms with Gasteiger partial charge in [0, 0.05) is 24.7 Å². The van der Waals surface area contributed by atoms with Crippen molar-refractivity contribution >= 4 is 23.0 Å². The van der Waals surface area contributed by atoms with Gasteiger partial charge in [-0.25, -0.2) is 0 Å². The number of nitrogens with two attached hydrogens (primary N) is 1. The molecule has 0 aromatic heterocycles. The molecular formula is C14H19N3O2. The Labute approximate surface area is 112 Å². The first-order chi connectivity index (χ1) is 9.04. The molecule has 0 spiro atoms. The summed E-state index contributed by atoms with van der Waals surface area (Å²) in [5, 5.41) is 12.5. The summed E-state index contributed by atoms with van der Waals surface area (Å²) in [5.74, 6) is 0.317. The van der Waals surface area contributed by atoms with Crippen LogP contribution in [0.25, 0.3) is 0 Å². The molecule has 1 amide bonds. The zero-order valence-corrected chi connectivity index (χ0v) is 11.0. The summed E-state index contributed by atoms with van der Waals surface area (Å²) in [6, 6.07) is 3.85. The van der Waals surface area contributed by atoms with Crippen molar-refractivity contribution in [3.8, 4) is 0 Å². The third kappa shape index (κ3) is 2.14. The zero-order chi connectivity index (χ0) is 13.6. The molecule has 0 aliphatic carbocycles. The first kappa shape index (κ1) is 12.3. The van der Waals surface area contributed by atoms with Crippen molar-refractivity contribution in [1.29, 1.82) is 0 Å². The Morgan fingerprint density at radius 2 is 2.32 bits per heavy atom. The minimum atomic E-state index is -0.291. The van der Waals surface area contributed by atoms with Crippen molar-refractivity contribution in [2.24, 2.45) is 5.92 Å². The minimum absolute atomic E-state index is 0.0230. The fourth-order valence-corrected chi connectivity index (χ4v) is 2.96. The van der Waals surface area contributed by atoms with Gasteiger partial charge in [0.15, 0.2) is 0 Å². The average Bonchev–Trinajstić information content (AvgIpc) is 2.92. The number of amides is 1. The number of hydrogen-bond acceptors (Lipinski definition) is 4.